The summed E-state index contributed by atoms with van der Waals surface area (Å²) in [5, 5.41) is 0. The van der Waals surface area contributed by atoms with Crippen molar-refractivity contribution < 1.29 is 23.7 Å². The first kappa shape index (κ1) is 27.6. The number of thiazole rings is 1. The van der Waals surface area contributed by atoms with E-state index in [-0.39, 0.29) is 12.2 Å². The van der Waals surface area contributed by atoms with Crippen LogP contribution in [0.25, 0.3) is 6.08 Å². The van der Waals surface area contributed by atoms with Gasteiger partial charge in [-0.2, -0.15) is 0 Å². The molecule has 2 heterocycles. The highest BCUT2D eigenvalue weighted by Gasteiger charge is 2.35. The lowest BCUT2D eigenvalue weighted by Crippen LogP contribution is -2.40. The molecule has 0 saturated carbocycles. The largest absolute Gasteiger partial charge is 0.496 e. The quantitative estimate of drug-likeness (QED) is 0.199. The number of ether oxygens (including phenoxy) is 4. The van der Waals surface area contributed by atoms with Gasteiger partial charge in [0.15, 0.2) is 16.3 Å². The van der Waals surface area contributed by atoms with Crippen molar-refractivity contribution >= 4 is 46.0 Å². The minimum atomic E-state index is -0.757. The maximum atomic E-state index is 13.9. The van der Waals surface area contributed by atoms with Crippen LogP contribution in [0.4, 0.5) is 0 Å². The Kier molecular flexibility index (Phi) is 8.72. The van der Waals surface area contributed by atoms with Crippen LogP contribution in [0.2, 0.25) is 0 Å². The number of carbonyl (C=O) groups excluding carboxylic acids is 1. The molecule has 198 valence electrons. The number of fused-ring (bicyclic) bond motifs is 1. The van der Waals surface area contributed by atoms with Crippen LogP contribution in [0.5, 0.6) is 17.2 Å². The number of nitrogens with zero attached hydrogens (tertiary/aromatic N) is 2. The number of hydrogen-bond acceptors (Lipinski definition) is 8. The van der Waals surface area contributed by atoms with Gasteiger partial charge in [0.25, 0.3) is 5.56 Å². The molecule has 2 aromatic carbocycles. The molecule has 0 saturated heterocycles. The number of benzene rings is 2. The Morgan fingerprint density at radius 3 is 2.63 bits per heavy atom. The van der Waals surface area contributed by atoms with Crippen LogP contribution >= 0.6 is 33.9 Å². The van der Waals surface area contributed by atoms with Gasteiger partial charge in [0.05, 0.1) is 40.2 Å². The molecule has 8 nitrogen and oxygen atoms in total. The van der Waals surface area contributed by atoms with E-state index in [9.17, 15) is 9.59 Å². The average molecular weight is 647 g/mol. The molecule has 0 unspecified atom stereocenters. The summed E-state index contributed by atoms with van der Waals surface area (Å²) in [5.41, 5.74) is 1.94. The van der Waals surface area contributed by atoms with Crippen LogP contribution in [0.1, 0.15) is 31.0 Å². The van der Waals surface area contributed by atoms with Crippen LogP contribution < -0.4 is 29.1 Å². The first-order chi connectivity index (χ1) is 18.3. The highest BCUT2D eigenvalue weighted by atomic mass is 127. The van der Waals surface area contributed by atoms with Gasteiger partial charge in [-0.1, -0.05) is 42.2 Å². The zero-order chi connectivity index (χ0) is 27.4. The minimum Gasteiger partial charge on any atom is -0.496 e. The van der Waals surface area contributed by atoms with E-state index >= 15 is 0 Å². The summed E-state index contributed by atoms with van der Waals surface area (Å²) < 4.78 is 25.1. The fraction of sp³-hybridized carbons (Fsp3) is 0.250. The fourth-order valence-corrected chi connectivity index (χ4v) is 6.06. The maximum Gasteiger partial charge on any atom is 0.338 e. The maximum absolute atomic E-state index is 13.9. The second kappa shape index (κ2) is 12.0. The van der Waals surface area contributed by atoms with Crippen LogP contribution in [0.3, 0.4) is 0 Å². The highest BCUT2D eigenvalue weighted by molar-refractivity contribution is 14.1. The van der Waals surface area contributed by atoms with Crippen molar-refractivity contribution in [3.8, 4) is 17.2 Å². The fourth-order valence-electron chi connectivity index (χ4n) is 4.23. The lowest BCUT2D eigenvalue weighted by molar-refractivity contribution is -0.139. The van der Waals surface area contributed by atoms with Gasteiger partial charge in [0, 0.05) is 5.56 Å². The Hall–Kier alpha value is -3.38. The number of carbonyl (C=O) groups is 1. The average Bonchev–Trinajstić information content (AvgIpc) is 3.21. The van der Waals surface area contributed by atoms with E-state index < -0.39 is 12.0 Å². The van der Waals surface area contributed by atoms with Crippen molar-refractivity contribution in [2.24, 2.45) is 4.99 Å². The zero-order valence-electron chi connectivity index (χ0n) is 21.4. The molecule has 10 heteroatoms. The number of rotatable bonds is 9. The first-order valence-corrected chi connectivity index (χ1v) is 13.7. The standard InChI is InChI=1S/C28H27IN2O6S/c1-6-12-37-25-19(29)13-17(14-21(25)35-5)15-22-26(32)31-24(18-10-8-9-11-20(18)34-4)23(27(33)36-7-2)16(3)30-28(31)38-22/h6,8-11,13-15,24H,1,7,12H2,2-5H3/b22-15+/t24-/m0/s1. The number of hydrogen-bond donors (Lipinski definition) is 0. The summed E-state index contributed by atoms with van der Waals surface area (Å²) in [5.74, 6) is 1.19. The third-order valence-electron chi connectivity index (χ3n) is 5.85. The molecule has 1 aliphatic heterocycles. The zero-order valence-corrected chi connectivity index (χ0v) is 24.4. The molecule has 1 aliphatic rings. The summed E-state index contributed by atoms with van der Waals surface area (Å²) in [4.78, 5) is 32.1. The summed E-state index contributed by atoms with van der Waals surface area (Å²) in [6.07, 6.45) is 3.45. The molecule has 0 spiro atoms. The van der Waals surface area contributed by atoms with Gasteiger partial charge in [-0.3, -0.25) is 9.36 Å². The number of halogens is 1. The van der Waals surface area contributed by atoms with Gasteiger partial charge in [-0.25, -0.2) is 9.79 Å². The van der Waals surface area contributed by atoms with E-state index in [0.717, 1.165) is 9.13 Å². The Labute approximate surface area is 237 Å². The molecule has 3 aromatic rings. The topological polar surface area (TPSA) is 88.4 Å². The molecule has 0 fully saturated rings. The van der Waals surface area contributed by atoms with Crippen molar-refractivity contribution in [2.75, 3.05) is 27.4 Å². The van der Waals surface area contributed by atoms with E-state index in [0.29, 0.717) is 50.0 Å². The molecule has 0 radical (unpaired) electrons. The van der Waals surface area contributed by atoms with E-state index in [4.69, 9.17) is 18.9 Å². The molecule has 0 bridgehead atoms. The normalized spacial score (nSPS) is 15.0. The van der Waals surface area contributed by atoms with Crippen LogP contribution in [-0.2, 0) is 9.53 Å². The van der Waals surface area contributed by atoms with Gasteiger partial charge in [0.1, 0.15) is 18.4 Å². The summed E-state index contributed by atoms with van der Waals surface area (Å²) >= 11 is 3.42. The Bertz CT molecular complexity index is 1600. The van der Waals surface area contributed by atoms with E-state index in [1.54, 1.807) is 46.3 Å². The van der Waals surface area contributed by atoms with E-state index in [1.165, 1.54) is 15.9 Å². The van der Waals surface area contributed by atoms with Gasteiger partial charge in [0.2, 0.25) is 0 Å². The van der Waals surface area contributed by atoms with Crippen molar-refractivity contribution in [1.82, 2.24) is 4.57 Å². The summed E-state index contributed by atoms with van der Waals surface area (Å²) in [6.45, 7) is 7.72. The monoisotopic (exact) mass is 646 g/mol. The molecule has 1 aromatic heterocycles. The summed E-state index contributed by atoms with van der Waals surface area (Å²) in [7, 11) is 3.12. The molecule has 4 rings (SSSR count). The van der Waals surface area contributed by atoms with Gasteiger partial charge in [-0.05, 0) is 66.3 Å². The SMILES string of the molecule is C=CCOc1c(I)cc(/C=c2/sc3n(c2=O)[C@@H](c2ccccc2OC)C(C(=O)OCC)=C(C)N=3)cc1OC. The van der Waals surface area contributed by atoms with Gasteiger partial charge < -0.3 is 18.9 Å². The first-order valence-electron chi connectivity index (χ1n) is 11.8. The number of methoxy groups -OCH3 is 2. The van der Waals surface area contributed by atoms with E-state index in [2.05, 4.69) is 34.2 Å². The second-order valence-corrected chi connectivity index (χ2v) is 10.3. The Morgan fingerprint density at radius 1 is 1.21 bits per heavy atom. The van der Waals surface area contributed by atoms with Crippen molar-refractivity contribution in [1.29, 1.82) is 0 Å². The third kappa shape index (κ3) is 5.28. The molecule has 0 aliphatic carbocycles. The molecule has 0 amide bonds. The molecular weight excluding hydrogens is 619 g/mol. The van der Waals surface area contributed by atoms with Crippen LogP contribution in [0, 0.1) is 3.57 Å². The second-order valence-electron chi connectivity index (χ2n) is 8.18. The molecule has 1 atom stereocenters. The van der Waals surface area contributed by atoms with E-state index in [1.807, 2.05) is 30.3 Å². The minimum absolute atomic E-state index is 0.200. The Morgan fingerprint density at radius 2 is 1.95 bits per heavy atom. The van der Waals surface area contributed by atoms with Crippen LogP contribution in [-0.4, -0.2) is 38.0 Å². The smallest absolute Gasteiger partial charge is 0.338 e. The summed E-state index contributed by atoms with van der Waals surface area (Å²) in [6, 6.07) is 10.3. The number of allylic oxidation sites excluding steroid dienone is 1. The van der Waals surface area contributed by atoms with Crippen LogP contribution in [0.15, 0.2) is 70.1 Å². The Balaban J connectivity index is 1.93. The third-order valence-corrected chi connectivity index (χ3v) is 7.63. The number of aromatic nitrogens is 1. The molecule has 38 heavy (non-hydrogen) atoms. The molecular formula is C28H27IN2O6S. The number of para-hydroxylation sites is 1. The number of esters is 1. The van der Waals surface area contributed by atoms with Crippen molar-refractivity contribution in [2.45, 2.75) is 19.9 Å². The predicted octanol–water partition coefficient (Wildman–Crippen LogP) is 3.98. The lowest BCUT2D eigenvalue weighted by atomic mass is 9.95. The highest BCUT2D eigenvalue weighted by Crippen LogP contribution is 2.36. The van der Waals surface area contributed by atoms with Gasteiger partial charge >= 0.3 is 5.97 Å². The predicted molar refractivity (Wildman–Crippen MR) is 155 cm³/mol. The molecule has 0 N–H and O–H groups in total. The lowest BCUT2D eigenvalue weighted by Gasteiger charge is -2.25. The van der Waals surface area contributed by atoms with Crippen molar-refractivity contribution in [3.05, 3.63) is 94.7 Å². The van der Waals surface area contributed by atoms with Crippen molar-refractivity contribution in [3.63, 3.8) is 0 Å². The van der Waals surface area contributed by atoms with Gasteiger partial charge in [-0.15, -0.1) is 0 Å².